The molecule has 2 amide bonds. The number of carbonyl (C=O) groups is 2. The molecule has 1 aromatic heterocycles. The molecule has 1 aliphatic heterocycles. The summed E-state index contributed by atoms with van der Waals surface area (Å²) in [6, 6.07) is 8.97. The van der Waals surface area contributed by atoms with E-state index in [2.05, 4.69) is 15.6 Å². The van der Waals surface area contributed by atoms with Gasteiger partial charge >= 0.3 is 0 Å². The van der Waals surface area contributed by atoms with Crippen molar-refractivity contribution in [3.05, 3.63) is 47.8 Å². The minimum absolute atomic E-state index is 0.120. The lowest BCUT2D eigenvalue weighted by atomic mass is 10.2. The van der Waals surface area contributed by atoms with Crippen LogP contribution in [-0.4, -0.2) is 30.1 Å². The van der Waals surface area contributed by atoms with Crippen LogP contribution in [0, 0.1) is 5.82 Å². The van der Waals surface area contributed by atoms with Crippen molar-refractivity contribution >= 4 is 38.5 Å². The van der Waals surface area contributed by atoms with E-state index in [9.17, 15) is 14.0 Å². The summed E-state index contributed by atoms with van der Waals surface area (Å²) in [5, 5.41) is 5.45. The van der Waals surface area contributed by atoms with Gasteiger partial charge in [0.05, 0.1) is 16.8 Å². The van der Waals surface area contributed by atoms with Gasteiger partial charge in [-0.3, -0.25) is 9.59 Å². The zero-order valence-electron chi connectivity index (χ0n) is 13.2. The average Bonchev–Trinajstić information content (AvgIpc) is 3.24. The molecule has 1 aliphatic rings. The number of nitrogens with one attached hydrogen (secondary N) is 2. The Labute approximate surface area is 150 Å². The van der Waals surface area contributed by atoms with Crippen LogP contribution in [0.5, 0.6) is 11.5 Å². The van der Waals surface area contributed by atoms with E-state index in [0.717, 1.165) is 11.3 Å². The van der Waals surface area contributed by atoms with E-state index in [1.54, 1.807) is 18.2 Å². The van der Waals surface area contributed by atoms with Gasteiger partial charge in [0.2, 0.25) is 12.7 Å². The molecule has 0 spiro atoms. The van der Waals surface area contributed by atoms with E-state index >= 15 is 0 Å². The maximum atomic E-state index is 13.2. The van der Waals surface area contributed by atoms with Crippen LogP contribution in [0.3, 0.4) is 0 Å². The summed E-state index contributed by atoms with van der Waals surface area (Å²) >= 11 is 1.16. The zero-order chi connectivity index (χ0) is 18.1. The Balaban J connectivity index is 1.36. The first kappa shape index (κ1) is 16.3. The Morgan fingerprint density at radius 3 is 2.88 bits per heavy atom. The molecular formula is C17H12FN3O4S. The third kappa shape index (κ3) is 3.29. The van der Waals surface area contributed by atoms with Crippen LogP contribution in [-0.2, 0) is 4.79 Å². The highest BCUT2D eigenvalue weighted by molar-refractivity contribution is 7.22. The van der Waals surface area contributed by atoms with Gasteiger partial charge < -0.3 is 20.1 Å². The van der Waals surface area contributed by atoms with Gasteiger partial charge in [-0.15, -0.1) is 0 Å². The lowest BCUT2D eigenvalue weighted by Crippen LogP contribution is -2.32. The van der Waals surface area contributed by atoms with E-state index in [1.165, 1.54) is 18.2 Å². The van der Waals surface area contributed by atoms with Crippen LogP contribution in [0.4, 0.5) is 9.52 Å². The topological polar surface area (TPSA) is 89.6 Å². The van der Waals surface area contributed by atoms with E-state index in [0.29, 0.717) is 32.4 Å². The molecule has 0 bridgehead atoms. The highest BCUT2D eigenvalue weighted by atomic mass is 32.1. The number of halogens is 1. The van der Waals surface area contributed by atoms with Gasteiger partial charge in [-0.25, -0.2) is 9.37 Å². The first-order valence-corrected chi connectivity index (χ1v) is 8.44. The zero-order valence-corrected chi connectivity index (χ0v) is 14.1. The molecule has 4 rings (SSSR count). The SMILES string of the molecule is O=C(CNC(=O)c1ccc2c(c1)OCO2)Nc1nc2ccc(F)cc2s1. The molecule has 2 heterocycles. The third-order valence-corrected chi connectivity index (χ3v) is 4.57. The highest BCUT2D eigenvalue weighted by Crippen LogP contribution is 2.32. The van der Waals surface area contributed by atoms with Gasteiger partial charge in [0, 0.05) is 5.56 Å². The van der Waals surface area contributed by atoms with E-state index in [-0.39, 0.29) is 19.2 Å². The van der Waals surface area contributed by atoms with Gasteiger partial charge in [-0.2, -0.15) is 0 Å². The number of fused-ring (bicyclic) bond motifs is 2. The minimum Gasteiger partial charge on any atom is -0.454 e. The molecule has 132 valence electrons. The number of benzene rings is 2. The number of ether oxygens (including phenoxy) is 2. The summed E-state index contributed by atoms with van der Waals surface area (Å²) in [6.07, 6.45) is 0. The lowest BCUT2D eigenvalue weighted by molar-refractivity contribution is -0.115. The predicted molar refractivity (Wildman–Crippen MR) is 93.1 cm³/mol. The van der Waals surface area contributed by atoms with Crippen LogP contribution in [0.25, 0.3) is 10.2 Å². The second-order valence-electron chi connectivity index (χ2n) is 5.43. The smallest absolute Gasteiger partial charge is 0.251 e. The van der Waals surface area contributed by atoms with Crippen molar-refractivity contribution in [2.75, 3.05) is 18.7 Å². The molecule has 0 atom stereocenters. The first-order chi connectivity index (χ1) is 12.6. The molecule has 7 nitrogen and oxygen atoms in total. The molecule has 2 N–H and O–H groups in total. The molecule has 26 heavy (non-hydrogen) atoms. The molecule has 0 saturated heterocycles. The molecule has 0 saturated carbocycles. The Morgan fingerprint density at radius 2 is 2.00 bits per heavy atom. The Kier molecular flexibility index (Phi) is 4.13. The number of aromatic nitrogens is 1. The fourth-order valence-electron chi connectivity index (χ4n) is 2.42. The fourth-order valence-corrected chi connectivity index (χ4v) is 3.32. The fraction of sp³-hybridized carbons (Fsp3) is 0.118. The van der Waals surface area contributed by atoms with Gasteiger partial charge in [-0.05, 0) is 36.4 Å². The summed E-state index contributed by atoms with van der Waals surface area (Å²) in [6.45, 7) is -0.105. The van der Waals surface area contributed by atoms with Crippen molar-refractivity contribution in [3.63, 3.8) is 0 Å². The van der Waals surface area contributed by atoms with Gasteiger partial charge in [0.1, 0.15) is 5.82 Å². The predicted octanol–water partition coefficient (Wildman–Crippen LogP) is 2.53. The molecular weight excluding hydrogens is 361 g/mol. The van der Waals surface area contributed by atoms with Crippen molar-refractivity contribution in [2.45, 2.75) is 0 Å². The number of amides is 2. The Hall–Kier alpha value is -3.20. The van der Waals surface area contributed by atoms with Crippen LogP contribution in [0.15, 0.2) is 36.4 Å². The number of anilines is 1. The Morgan fingerprint density at radius 1 is 1.15 bits per heavy atom. The minimum atomic E-state index is -0.432. The summed E-state index contributed by atoms with van der Waals surface area (Å²) < 4.78 is 24.2. The molecule has 3 aromatic rings. The lowest BCUT2D eigenvalue weighted by Gasteiger charge is -2.05. The normalized spacial score (nSPS) is 12.2. The van der Waals surface area contributed by atoms with E-state index < -0.39 is 11.8 Å². The van der Waals surface area contributed by atoms with Crippen molar-refractivity contribution in [1.82, 2.24) is 10.3 Å². The summed E-state index contributed by atoms with van der Waals surface area (Å²) in [7, 11) is 0. The number of carbonyl (C=O) groups excluding carboxylic acids is 2. The third-order valence-electron chi connectivity index (χ3n) is 3.64. The number of thiazole rings is 1. The van der Waals surface area contributed by atoms with E-state index in [4.69, 9.17) is 9.47 Å². The largest absolute Gasteiger partial charge is 0.454 e. The van der Waals surface area contributed by atoms with Gasteiger partial charge in [0.25, 0.3) is 5.91 Å². The van der Waals surface area contributed by atoms with Crippen LogP contribution >= 0.6 is 11.3 Å². The second-order valence-corrected chi connectivity index (χ2v) is 6.46. The maximum absolute atomic E-state index is 13.2. The molecule has 0 unspecified atom stereocenters. The summed E-state index contributed by atoms with van der Waals surface area (Å²) in [5.41, 5.74) is 0.952. The van der Waals surface area contributed by atoms with Crippen molar-refractivity contribution in [1.29, 1.82) is 0 Å². The second kappa shape index (κ2) is 6.60. The average molecular weight is 373 g/mol. The standard InChI is InChI=1S/C17H12FN3O4S/c18-10-2-3-11-14(6-10)26-17(20-11)21-15(22)7-19-16(23)9-1-4-12-13(5-9)25-8-24-12/h1-6H,7-8H2,(H,19,23)(H,20,21,22). The molecule has 0 fully saturated rings. The highest BCUT2D eigenvalue weighted by Gasteiger charge is 2.17. The van der Waals surface area contributed by atoms with E-state index in [1.807, 2.05) is 0 Å². The number of rotatable bonds is 4. The number of hydrogen-bond donors (Lipinski definition) is 2. The Bertz CT molecular complexity index is 1020. The van der Waals surface area contributed by atoms with Gasteiger partial charge in [0.15, 0.2) is 16.6 Å². The van der Waals surface area contributed by atoms with Crippen molar-refractivity contribution in [2.24, 2.45) is 0 Å². The first-order valence-electron chi connectivity index (χ1n) is 7.62. The van der Waals surface area contributed by atoms with Crippen LogP contribution < -0.4 is 20.1 Å². The maximum Gasteiger partial charge on any atom is 0.251 e. The summed E-state index contributed by atoms with van der Waals surface area (Å²) in [4.78, 5) is 28.3. The van der Waals surface area contributed by atoms with Gasteiger partial charge in [-0.1, -0.05) is 11.3 Å². The number of nitrogens with zero attached hydrogens (tertiary/aromatic N) is 1. The molecule has 9 heteroatoms. The van der Waals surface area contributed by atoms with Crippen LogP contribution in [0.1, 0.15) is 10.4 Å². The van der Waals surface area contributed by atoms with Crippen LogP contribution in [0.2, 0.25) is 0 Å². The number of hydrogen-bond acceptors (Lipinski definition) is 6. The van der Waals surface area contributed by atoms with Crippen molar-refractivity contribution < 1.29 is 23.5 Å². The quantitative estimate of drug-likeness (QED) is 0.734. The molecule has 2 aromatic carbocycles. The monoisotopic (exact) mass is 373 g/mol. The van der Waals surface area contributed by atoms with Crippen molar-refractivity contribution in [3.8, 4) is 11.5 Å². The molecule has 0 aliphatic carbocycles. The summed E-state index contributed by atoms with van der Waals surface area (Å²) in [5.74, 6) is -0.145. The molecule has 0 radical (unpaired) electrons.